The van der Waals surface area contributed by atoms with Crippen molar-refractivity contribution in [1.29, 1.82) is 0 Å². The lowest BCUT2D eigenvalue weighted by molar-refractivity contribution is -0.129. The fraction of sp³-hybridized carbons (Fsp3) is 0.429. The molecule has 0 bridgehead atoms. The van der Waals surface area contributed by atoms with Crippen LogP contribution in [0, 0.1) is 0 Å². The van der Waals surface area contributed by atoms with Crippen LogP contribution in [0.15, 0.2) is 18.2 Å². The molecule has 20 heavy (non-hydrogen) atoms. The Balaban J connectivity index is 2.95. The number of primary amides is 1. The highest BCUT2D eigenvalue weighted by atomic mass is 16.2. The Morgan fingerprint density at radius 1 is 1.20 bits per heavy atom. The molecule has 0 saturated carbocycles. The first-order chi connectivity index (χ1) is 9.40. The second kappa shape index (κ2) is 6.79. The minimum atomic E-state index is -0.561. The topological polar surface area (TPSA) is 92.7 Å². The predicted octanol–water partition coefficient (Wildman–Crippen LogP) is 0.672. The average molecular weight is 278 g/mol. The van der Waals surface area contributed by atoms with Crippen molar-refractivity contribution in [3.05, 3.63) is 23.8 Å². The Labute approximate surface area is 119 Å². The number of hydrogen-bond donors (Lipinski definition) is 2. The van der Waals surface area contributed by atoms with Crippen molar-refractivity contribution in [1.82, 2.24) is 4.90 Å². The van der Waals surface area contributed by atoms with Crippen LogP contribution in [0.3, 0.4) is 0 Å². The molecule has 6 heteroatoms. The largest absolute Gasteiger partial charge is 0.399 e. The molecule has 4 N–H and O–H groups in total. The molecule has 0 spiro atoms. The second-order valence-electron chi connectivity index (χ2n) is 4.56. The van der Waals surface area contributed by atoms with Gasteiger partial charge in [0.25, 0.3) is 5.91 Å². The third-order valence-corrected chi connectivity index (χ3v) is 3.19. The number of nitrogens with two attached hydrogens (primary N) is 2. The normalized spacial score (nSPS) is 10.2. The van der Waals surface area contributed by atoms with E-state index in [2.05, 4.69) is 0 Å². The van der Waals surface area contributed by atoms with E-state index < -0.39 is 5.91 Å². The molecule has 0 fully saturated rings. The third-order valence-electron chi connectivity index (χ3n) is 3.19. The quantitative estimate of drug-likeness (QED) is 0.748. The van der Waals surface area contributed by atoms with Gasteiger partial charge >= 0.3 is 0 Å². The molecule has 1 aromatic rings. The lowest BCUT2D eigenvalue weighted by Crippen LogP contribution is -2.39. The molecule has 6 nitrogen and oxygen atoms in total. The van der Waals surface area contributed by atoms with E-state index in [9.17, 15) is 9.59 Å². The van der Waals surface area contributed by atoms with E-state index in [1.165, 1.54) is 6.07 Å². The maximum absolute atomic E-state index is 12.1. The number of carbonyl (C=O) groups excluding carboxylic acids is 2. The van der Waals surface area contributed by atoms with Crippen LogP contribution in [0.2, 0.25) is 0 Å². The van der Waals surface area contributed by atoms with Crippen molar-refractivity contribution in [2.75, 3.05) is 37.3 Å². The summed E-state index contributed by atoms with van der Waals surface area (Å²) < 4.78 is 0. The summed E-state index contributed by atoms with van der Waals surface area (Å²) in [6.45, 7) is 5.37. The van der Waals surface area contributed by atoms with Crippen LogP contribution in [0.4, 0.5) is 11.4 Å². The standard InChI is InChI=1S/C14H22N4O2/c1-4-18(5-2)13(19)9-17(3)12-7-6-10(15)8-11(12)14(16)20/h6-8H,4-5,9,15H2,1-3H3,(H2,16,20). The number of rotatable bonds is 6. The number of hydrogen-bond acceptors (Lipinski definition) is 4. The van der Waals surface area contributed by atoms with Gasteiger partial charge in [-0.15, -0.1) is 0 Å². The first-order valence-electron chi connectivity index (χ1n) is 6.58. The molecule has 1 rings (SSSR count). The number of amides is 2. The summed E-state index contributed by atoms with van der Waals surface area (Å²) in [5.41, 5.74) is 12.4. The molecule has 110 valence electrons. The Hall–Kier alpha value is -2.24. The highest BCUT2D eigenvalue weighted by molar-refractivity contribution is 6.00. The van der Waals surface area contributed by atoms with Gasteiger partial charge in [-0.05, 0) is 32.0 Å². The summed E-state index contributed by atoms with van der Waals surface area (Å²) in [5, 5.41) is 0. The van der Waals surface area contributed by atoms with E-state index >= 15 is 0 Å². The van der Waals surface area contributed by atoms with Crippen LogP contribution < -0.4 is 16.4 Å². The molecular weight excluding hydrogens is 256 g/mol. The molecule has 0 heterocycles. The van der Waals surface area contributed by atoms with Gasteiger partial charge in [0.2, 0.25) is 5.91 Å². The maximum atomic E-state index is 12.1. The monoisotopic (exact) mass is 278 g/mol. The van der Waals surface area contributed by atoms with E-state index in [0.29, 0.717) is 30.0 Å². The lowest BCUT2D eigenvalue weighted by Gasteiger charge is -2.25. The van der Waals surface area contributed by atoms with Gasteiger partial charge in [0.05, 0.1) is 12.1 Å². The maximum Gasteiger partial charge on any atom is 0.250 e. The number of benzene rings is 1. The van der Waals surface area contributed by atoms with Gasteiger partial charge in [-0.2, -0.15) is 0 Å². The molecule has 2 amide bonds. The summed E-state index contributed by atoms with van der Waals surface area (Å²) in [7, 11) is 1.75. The fourth-order valence-corrected chi connectivity index (χ4v) is 2.05. The van der Waals surface area contributed by atoms with Gasteiger partial charge in [-0.25, -0.2) is 0 Å². The van der Waals surface area contributed by atoms with E-state index in [4.69, 9.17) is 11.5 Å². The molecule has 0 aliphatic rings. The first-order valence-corrected chi connectivity index (χ1v) is 6.58. The number of carbonyl (C=O) groups is 2. The third kappa shape index (κ3) is 3.63. The van der Waals surface area contributed by atoms with Gasteiger partial charge in [0, 0.05) is 31.5 Å². The predicted molar refractivity (Wildman–Crippen MR) is 80.6 cm³/mol. The summed E-state index contributed by atoms with van der Waals surface area (Å²) >= 11 is 0. The lowest BCUT2D eigenvalue weighted by atomic mass is 10.1. The van der Waals surface area contributed by atoms with E-state index in [1.807, 2.05) is 13.8 Å². The Bertz CT molecular complexity index is 498. The van der Waals surface area contributed by atoms with Gasteiger partial charge in [-0.1, -0.05) is 0 Å². The van der Waals surface area contributed by atoms with Gasteiger partial charge < -0.3 is 21.3 Å². The Morgan fingerprint density at radius 3 is 2.30 bits per heavy atom. The molecule has 0 atom stereocenters. The average Bonchev–Trinajstić information content (AvgIpc) is 2.39. The van der Waals surface area contributed by atoms with E-state index in [0.717, 1.165) is 0 Å². The number of nitrogens with zero attached hydrogens (tertiary/aromatic N) is 2. The number of likely N-dealkylation sites (N-methyl/N-ethyl adjacent to an activating group) is 2. The molecule has 0 aromatic heterocycles. The van der Waals surface area contributed by atoms with Gasteiger partial charge in [-0.3, -0.25) is 9.59 Å². The van der Waals surface area contributed by atoms with Crippen LogP contribution in [-0.4, -0.2) is 43.4 Å². The minimum Gasteiger partial charge on any atom is -0.399 e. The van der Waals surface area contributed by atoms with Gasteiger partial charge in [0.15, 0.2) is 0 Å². The first kappa shape index (κ1) is 15.8. The van der Waals surface area contributed by atoms with Crippen molar-refractivity contribution < 1.29 is 9.59 Å². The zero-order valence-electron chi connectivity index (χ0n) is 12.2. The SMILES string of the molecule is CCN(CC)C(=O)CN(C)c1ccc(N)cc1C(N)=O. The van der Waals surface area contributed by atoms with Crippen molar-refractivity contribution in [2.24, 2.45) is 5.73 Å². The summed E-state index contributed by atoms with van der Waals surface area (Å²) in [4.78, 5) is 27.0. The molecule has 0 saturated heterocycles. The smallest absolute Gasteiger partial charge is 0.250 e. The molecule has 0 aliphatic carbocycles. The zero-order chi connectivity index (χ0) is 15.3. The summed E-state index contributed by atoms with van der Waals surface area (Å²) in [5.74, 6) is -0.556. The van der Waals surface area contributed by atoms with Crippen molar-refractivity contribution in [3.8, 4) is 0 Å². The summed E-state index contributed by atoms with van der Waals surface area (Å²) in [6.07, 6.45) is 0. The Morgan fingerprint density at radius 2 is 1.80 bits per heavy atom. The van der Waals surface area contributed by atoms with Crippen molar-refractivity contribution in [2.45, 2.75) is 13.8 Å². The van der Waals surface area contributed by atoms with Gasteiger partial charge in [0.1, 0.15) is 0 Å². The molecule has 0 radical (unpaired) electrons. The highest BCUT2D eigenvalue weighted by Gasteiger charge is 2.17. The second-order valence-corrected chi connectivity index (χ2v) is 4.56. The van der Waals surface area contributed by atoms with Crippen molar-refractivity contribution in [3.63, 3.8) is 0 Å². The van der Waals surface area contributed by atoms with Crippen LogP contribution in [0.1, 0.15) is 24.2 Å². The van der Waals surface area contributed by atoms with Crippen LogP contribution >= 0.6 is 0 Å². The molecule has 1 aromatic carbocycles. The van der Waals surface area contributed by atoms with Crippen LogP contribution in [-0.2, 0) is 4.79 Å². The fourth-order valence-electron chi connectivity index (χ4n) is 2.05. The molecular formula is C14H22N4O2. The van der Waals surface area contributed by atoms with E-state index in [-0.39, 0.29) is 12.5 Å². The molecule has 0 unspecified atom stereocenters. The summed E-state index contributed by atoms with van der Waals surface area (Å²) in [6, 6.07) is 4.90. The zero-order valence-corrected chi connectivity index (χ0v) is 12.2. The van der Waals surface area contributed by atoms with Crippen LogP contribution in [0.25, 0.3) is 0 Å². The Kier molecular flexibility index (Phi) is 5.37. The number of nitrogen functional groups attached to an aromatic ring is 1. The van der Waals surface area contributed by atoms with Crippen LogP contribution in [0.5, 0.6) is 0 Å². The minimum absolute atomic E-state index is 0.00439. The highest BCUT2D eigenvalue weighted by Crippen LogP contribution is 2.21. The molecule has 0 aliphatic heterocycles. The van der Waals surface area contributed by atoms with Crippen molar-refractivity contribution >= 4 is 23.2 Å². The number of anilines is 2. The van der Waals surface area contributed by atoms with E-state index in [1.54, 1.807) is 29.0 Å².